The van der Waals surface area contributed by atoms with Crippen LogP contribution in [-0.4, -0.2) is 23.5 Å². The van der Waals surface area contributed by atoms with Crippen molar-refractivity contribution in [3.8, 4) is 0 Å². The number of ether oxygens (including phenoxy) is 1. The van der Waals surface area contributed by atoms with Crippen molar-refractivity contribution in [3.63, 3.8) is 0 Å². The van der Waals surface area contributed by atoms with Crippen LogP contribution in [0.15, 0.2) is 42.5 Å². The molecule has 1 unspecified atom stereocenters. The van der Waals surface area contributed by atoms with Gasteiger partial charge in [-0.05, 0) is 23.3 Å². The highest BCUT2D eigenvalue weighted by atomic mass is 16.6. The molecule has 0 saturated heterocycles. The molecule has 0 aliphatic carbocycles. The van der Waals surface area contributed by atoms with Crippen LogP contribution in [-0.2, 0) is 16.0 Å². The first-order valence-electron chi connectivity index (χ1n) is 6.39. The van der Waals surface area contributed by atoms with Crippen molar-refractivity contribution in [2.24, 2.45) is 0 Å². The monoisotopic (exact) mass is 273 g/mol. The van der Waals surface area contributed by atoms with Crippen molar-refractivity contribution < 1.29 is 14.5 Å². The lowest BCUT2D eigenvalue weighted by Gasteiger charge is -2.09. The fourth-order valence-electron chi connectivity index (χ4n) is 2.07. The molecule has 0 N–H and O–H groups in total. The van der Waals surface area contributed by atoms with E-state index in [0.29, 0.717) is 0 Å². The minimum absolute atomic E-state index is 0.0384. The number of nitrogens with zero attached hydrogens (tertiary/aromatic N) is 1. The fourth-order valence-corrected chi connectivity index (χ4v) is 2.07. The summed E-state index contributed by atoms with van der Waals surface area (Å²) in [7, 11) is 0. The predicted octanol–water partition coefficient (Wildman–Crippen LogP) is 2.59. The van der Waals surface area contributed by atoms with Crippen LogP contribution in [0.1, 0.15) is 12.5 Å². The summed E-state index contributed by atoms with van der Waals surface area (Å²) in [4.78, 5) is 22.0. The van der Waals surface area contributed by atoms with E-state index >= 15 is 0 Å². The average Bonchev–Trinajstić information content (AvgIpc) is 2.44. The van der Waals surface area contributed by atoms with E-state index in [4.69, 9.17) is 4.74 Å². The molecule has 2 rings (SSSR count). The van der Waals surface area contributed by atoms with Gasteiger partial charge in [-0.2, -0.15) is 0 Å². The second-order valence-corrected chi connectivity index (χ2v) is 4.44. The number of hydrogen-bond donors (Lipinski definition) is 0. The quantitative estimate of drug-likeness (QED) is 0.477. The molecule has 2 aromatic rings. The molecule has 0 aliphatic heterocycles. The minimum atomic E-state index is -1.35. The Morgan fingerprint density at radius 2 is 1.95 bits per heavy atom. The smallest absolute Gasteiger partial charge is 0.382 e. The molecule has 5 nitrogen and oxygen atoms in total. The number of rotatable bonds is 5. The van der Waals surface area contributed by atoms with E-state index in [-0.39, 0.29) is 13.0 Å². The first-order valence-corrected chi connectivity index (χ1v) is 6.39. The summed E-state index contributed by atoms with van der Waals surface area (Å²) < 4.78 is 4.74. The molecule has 20 heavy (non-hydrogen) atoms. The summed E-state index contributed by atoms with van der Waals surface area (Å²) in [6, 6.07) is 12.0. The molecule has 104 valence electrons. The molecule has 0 bridgehead atoms. The number of carbonyl (C=O) groups excluding carboxylic acids is 1. The standard InChI is InChI=1S/C15H15NO4/c1-2-20-15(17)14(16(18)19)10-11-7-8-12-5-3-4-6-13(12)9-11/h3-9,14H,2,10H2,1H3. The highest BCUT2D eigenvalue weighted by Crippen LogP contribution is 2.17. The normalized spacial score (nSPS) is 12.1. The Morgan fingerprint density at radius 3 is 2.60 bits per heavy atom. The van der Waals surface area contributed by atoms with Gasteiger partial charge in [-0.25, -0.2) is 4.79 Å². The first kappa shape index (κ1) is 14.0. The van der Waals surface area contributed by atoms with E-state index in [0.717, 1.165) is 16.3 Å². The second-order valence-electron chi connectivity index (χ2n) is 4.44. The number of carbonyl (C=O) groups is 1. The molecule has 0 saturated carbocycles. The Bertz CT molecular complexity index is 639. The van der Waals surface area contributed by atoms with E-state index in [2.05, 4.69) is 0 Å². The van der Waals surface area contributed by atoms with Gasteiger partial charge in [0.1, 0.15) is 0 Å². The van der Waals surface area contributed by atoms with Crippen molar-refractivity contribution in [1.82, 2.24) is 0 Å². The fraction of sp³-hybridized carbons (Fsp3) is 0.267. The van der Waals surface area contributed by atoms with Gasteiger partial charge in [0, 0.05) is 4.92 Å². The molecule has 0 heterocycles. The molecule has 2 aromatic carbocycles. The van der Waals surface area contributed by atoms with Crippen molar-refractivity contribution in [2.45, 2.75) is 19.4 Å². The maximum absolute atomic E-state index is 11.6. The summed E-state index contributed by atoms with van der Waals surface area (Å²) in [6.45, 7) is 1.77. The predicted molar refractivity (Wildman–Crippen MR) is 75.1 cm³/mol. The van der Waals surface area contributed by atoms with Crippen LogP contribution in [0.2, 0.25) is 0 Å². The molecular weight excluding hydrogens is 258 g/mol. The van der Waals surface area contributed by atoms with Crippen LogP contribution in [0, 0.1) is 10.1 Å². The van der Waals surface area contributed by atoms with E-state index in [1.165, 1.54) is 0 Å². The maximum atomic E-state index is 11.6. The van der Waals surface area contributed by atoms with Crippen LogP contribution in [0.25, 0.3) is 10.8 Å². The largest absolute Gasteiger partial charge is 0.461 e. The van der Waals surface area contributed by atoms with E-state index < -0.39 is 16.9 Å². The van der Waals surface area contributed by atoms with E-state index in [1.54, 1.807) is 13.0 Å². The number of nitro groups is 1. The van der Waals surface area contributed by atoms with Gasteiger partial charge < -0.3 is 4.74 Å². The van der Waals surface area contributed by atoms with Gasteiger partial charge in [-0.1, -0.05) is 42.5 Å². The van der Waals surface area contributed by atoms with E-state index in [9.17, 15) is 14.9 Å². The summed E-state index contributed by atoms with van der Waals surface area (Å²) in [5.41, 5.74) is 0.749. The molecule has 0 fully saturated rings. The molecule has 0 aromatic heterocycles. The Morgan fingerprint density at radius 1 is 1.25 bits per heavy atom. The zero-order chi connectivity index (χ0) is 14.5. The minimum Gasteiger partial charge on any atom is -0.461 e. The summed E-state index contributed by atoms with van der Waals surface area (Å²) in [5.74, 6) is -0.786. The molecule has 1 atom stereocenters. The molecule has 5 heteroatoms. The van der Waals surface area contributed by atoms with Crippen LogP contribution in [0.5, 0.6) is 0 Å². The molecular formula is C15H15NO4. The van der Waals surface area contributed by atoms with Crippen molar-refractivity contribution in [1.29, 1.82) is 0 Å². The van der Waals surface area contributed by atoms with Crippen molar-refractivity contribution >= 4 is 16.7 Å². The Kier molecular flexibility index (Phi) is 4.30. The molecule has 0 amide bonds. The molecule has 0 spiro atoms. The summed E-state index contributed by atoms with van der Waals surface area (Å²) >= 11 is 0. The number of esters is 1. The molecule has 0 aliphatic rings. The highest BCUT2D eigenvalue weighted by Gasteiger charge is 2.31. The summed E-state index contributed by atoms with van der Waals surface area (Å²) in [6.07, 6.45) is 0.0384. The molecule has 0 radical (unpaired) electrons. The summed E-state index contributed by atoms with van der Waals surface area (Å²) in [5, 5.41) is 13.0. The van der Waals surface area contributed by atoms with Gasteiger partial charge in [-0.3, -0.25) is 10.1 Å². The number of hydrogen-bond acceptors (Lipinski definition) is 4. The van der Waals surface area contributed by atoms with Crippen molar-refractivity contribution in [3.05, 3.63) is 58.1 Å². The third-order valence-corrected chi connectivity index (χ3v) is 3.06. The average molecular weight is 273 g/mol. The lowest BCUT2D eigenvalue weighted by Crippen LogP contribution is -2.33. The van der Waals surface area contributed by atoms with Gasteiger partial charge in [-0.15, -0.1) is 0 Å². The second kappa shape index (κ2) is 6.14. The van der Waals surface area contributed by atoms with Gasteiger partial charge in [0.2, 0.25) is 0 Å². The topological polar surface area (TPSA) is 69.4 Å². The van der Waals surface area contributed by atoms with Gasteiger partial charge in [0.15, 0.2) is 0 Å². The Hall–Kier alpha value is -2.43. The van der Waals surface area contributed by atoms with Crippen LogP contribution < -0.4 is 0 Å². The number of fused-ring (bicyclic) bond motifs is 1. The zero-order valence-corrected chi connectivity index (χ0v) is 11.1. The Labute approximate surface area is 116 Å². The van der Waals surface area contributed by atoms with Gasteiger partial charge in [0.25, 0.3) is 0 Å². The Balaban J connectivity index is 2.24. The van der Waals surface area contributed by atoms with Gasteiger partial charge in [0.05, 0.1) is 13.0 Å². The van der Waals surface area contributed by atoms with Crippen LogP contribution in [0.3, 0.4) is 0 Å². The third-order valence-electron chi connectivity index (χ3n) is 3.06. The van der Waals surface area contributed by atoms with Crippen molar-refractivity contribution in [2.75, 3.05) is 6.61 Å². The van der Waals surface area contributed by atoms with Gasteiger partial charge >= 0.3 is 12.0 Å². The third kappa shape index (κ3) is 3.12. The maximum Gasteiger partial charge on any atom is 0.382 e. The number of benzene rings is 2. The highest BCUT2D eigenvalue weighted by molar-refractivity contribution is 5.83. The van der Waals surface area contributed by atoms with Crippen LogP contribution >= 0.6 is 0 Å². The van der Waals surface area contributed by atoms with E-state index in [1.807, 2.05) is 36.4 Å². The first-order chi connectivity index (χ1) is 9.61. The van der Waals surface area contributed by atoms with Crippen LogP contribution in [0.4, 0.5) is 0 Å². The lowest BCUT2D eigenvalue weighted by molar-refractivity contribution is -0.510. The lowest BCUT2D eigenvalue weighted by atomic mass is 10.0. The zero-order valence-electron chi connectivity index (χ0n) is 11.1. The SMILES string of the molecule is CCOC(=O)C(Cc1ccc2ccccc2c1)[N+](=O)[O-].